The van der Waals surface area contributed by atoms with E-state index >= 15 is 0 Å². The Bertz CT molecular complexity index is 1430. The van der Waals surface area contributed by atoms with Gasteiger partial charge in [-0.2, -0.15) is 0 Å². The number of aromatic nitrogens is 3. The molecule has 0 bridgehead atoms. The molecule has 3 aromatic carbocycles. The van der Waals surface area contributed by atoms with Crippen molar-refractivity contribution in [2.45, 2.75) is 19.5 Å². The van der Waals surface area contributed by atoms with Gasteiger partial charge in [0.15, 0.2) is 0 Å². The molecule has 0 aliphatic heterocycles. The highest BCUT2D eigenvalue weighted by molar-refractivity contribution is 6.30. The number of hydrogen-bond donors (Lipinski definition) is 0. The van der Waals surface area contributed by atoms with E-state index < -0.39 is 0 Å². The molecule has 0 spiro atoms. The van der Waals surface area contributed by atoms with Crippen molar-refractivity contribution in [1.82, 2.24) is 14.1 Å². The van der Waals surface area contributed by atoms with Gasteiger partial charge in [0, 0.05) is 24.0 Å². The highest BCUT2D eigenvalue weighted by atomic mass is 35.5. The molecule has 0 aliphatic carbocycles. The molecule has 7 heteroatoms. The Labute approximate surface area is 195 Å². The van der Waals surface area contributed by atoms with E-state index in [9.17, 15) is 10.1 Å². The Hall–Kier alpha value is -3.90. The lowest BCUT2D eigenvalue weighted by Gasteiger charge is -2.09. The summed E-state index contributed by atoms with van der Waals surface area (Å²) in [6.07, 6.45) is 7.91. The van der Waals surface area contributed by atoms with Gasteiger partial charge in [-0.3, -0.25) is 10.1 Å². The van der Waals surface area contributed by atoms with Crippen LogP contribution in [-0.2, 0) is 19.5 Å². The van der Waals surface area contributed by atoms with Crippen LogP contribution in [0.5, 0.6) is 0 Å². The number of fused-ring (bicyclic) bond motifs is 1. The zero-order valence-electron chi connectivity index (χ0n) is 17.8. The van der Waals surface area contributed by atoms with E-state index in [1.807, 2.05) is 83.7 Å². The number of halogens is 1. The number of nitro groups is 1. The average Bonchev–Trinajstić information content (AvgIpc) is 3.45. The van der Waals surface area contributed by atoms with Crippen LogP contribution in [0, 0.1) is 10.1 Å². The standard InChI is InChI=1S/C26H21ClN4O2/c27-21-10-8-19(9-11-21)12-13-30-18-28-14-22(30)15-29-16-25(26(17-29)31(32)33)24-7-3-5-20-4-1-2-6-23(20)24/h1-11,14,16-18H,12-13,15H2. The monoisotopic (exact) mass is 456 g/mol. The summed E-state index contributed by atoms with van der Waals surface area (Å²) in [5.41, 5.74) is 3.74. The molecule has 0 atom stereocenters. The number of rotatable bonds is 7. The molecule has 0 radical (unpaired) electrons. The van der Waals surface area contributed by atoms with Crippen molar-refractivity contribution in [3.63, 3.8) is 0 Å². The van der Waals surface area contributed by atoms with Gasteiger partial charge in [-0.05, 0) is 40.5 Å². The van der Waals surface area contributed by atoms with Crippen LogP contribution < -0.4 is 0 Å². The third kappa shape index (κ3) is 4.38. The van der Waals surface area contributed by atoms with Gasteiger partial charge in [0.1, 0.15) is 0 Å². The summed E-state index contributed by atoms with van der Waals surface area (Å²) >= 11 is 5.97. The first-order chi connectivity index (χ1) is 16.1. The maximum Gasteiger partial charge on any atom is 0.294 e. The largest absolute Gasteiger partial charge is 0.341 e. The van der Waals surface area contributed by atoms with Crippen LogP contribution in [-0.4, -0.2) is 19.0 Å². The Morgan fingerprint density at radius 2 is 1.73 bits per heavy atom. The number of nitrogens with zero attached hydrogens (tertiary/aromatic N) is 4. The van der Waals surface area contributed by atoms with Gasteiger partial charge in [-0.15, -0.1) is 0 Å². The molecule has 0 fully saturated rings. The van der Waals surface area contributed by atoms with Crippen molar-refractivity contribution in [2.24, 2.45) is 0 Å². The predicted octanol–water partition coefficient (Wildman–Crippen LogP) is 6.36. The number of imidazole rings is 1. The quantitative estimate of drug-likeness (QED) is 0.211. The van der Waals surface area contributed by atoms with Crippen molar-refractivity contribution in [3.05, 3.63) is 118 Å². The topological polar surface area (TPSA) is 65.9 Å². The molecule has 5 aromatic rings. The molecule has 5 rings (SSSR count). The van der Waals surface area contributed by atoms with Crippen LogP contribution >= 0.6 is 11.6 Å². The summed E-state index contributed by atoms with van der Waals surface area (Å²) < 4.78 is 3.95. The predicted molar refractivity (Wildman–Crippen MR) is 131 cm³/mol. The zero-order valence-corrected chi connectivity index (χ0v) is 18.5. The summed E-state index contributed by atoms with van der Waals surface area (Å²) in [5, 5.41) is 14.6. The Kier molecular flexibility index (Phi) is 5.67. The number of hydrogen-bond acceptors (Lipinski definition) is 3. The summed E-state index contributed by atoms with van der Waals surface area (Å²) in [5.74, 6) is 0. The molecule has 0 saturated carbocycles. The Morgan fingerprint density at radius 3 is 2.55 bits per heavy atom. The summed E-state index contributed by atoms with van der Waals surface area (Å²) in [4.78, 5) is 15.9. The van der Waals surface area contributed by atoms with E-state index in [4.69, 9.17) is 11.6 Å². The van der Waals surface area contributed by atoms with Gasteiger partial charge < -0.3 is 9.13 Å². The molecule has 164 valence electrons. The van der Waals surface area contributed by atoms with Crippen LogP contribution in [0.2, 0.25) is 5.02 Å². The van der Waals surface area contributed by atoms with Gasteiger partial charge in [-0.25, -0.2) is 4.98 Å². The van der Waals surface area contributed by atoms with Gasteiger partial charge >= 0.3 is 0 Å². The van der Waals surface area contributed by atoms with Crippen molar-refractivity contribution in [1.29, 1.82) is 0 Å². The van der Waals surface area contributed by atoms with Crippen LogP contribution in [0.3, 0.4) is 0 Å². The molecule has 6 nitrogen and oxygen atoms in total. The molecule has 2 aromatic heterocycles. The molecule has 0 aliphatic rings. The SMILES string of the molecule is O=[N+]([O-])c1cn(Cc2cncn2CCc2ccc(Cl)cc2)cc1-c1cccc2ccccc12. The normalized spacial score (nSPS) is 11.2. The fourth-order valence-corrected chi connectivity index (χ4v) is 4.30. The van der Waals surface area contributed by atoms with Gasteiger partial charge in [0.25, 0.3) is 5.69 Å². The molecule has 0 amide bonds. The lowest BCUT2D eigenvalue weighted by molar-refractivity contribution is -0.384. The first-order valence-electron chi connectivity index (χ1n) is 10.6. The molecule has 2 heterocycles. The van der Waals surface area contributed by atoms with E-state index in [1.54, 1.807) is 12.5 Å². The Morgan fingerprint density at radius 1 is 0.939 bits per heavy atom. The van der Waals surface area contributed by atoms with Gasteiger partial charge in [0.05, 0.1) is 35.2 Å². The molecule has 33 heavy (non-hydrogen) atoms. The van der Waals surface area contributed by atoms with Crippen molar-refractivity contribution in [2.75, 3.05) is 0 Å². The minimum Gasteiger partial charge on any atom is -0.341 e. The molecule has 0 N–H and O–H groups in total. The summed E-state index contributed by atoms with van der Waals surface area (Å²) in [6, 6.07) is 21.6. The van der Waals surface area contributed by atoms with E-state index in [0.29, 0.717) is 12.1 Å². The summed E-state index contributed by atoms with van der Waals surface area (Å²) in [6.45, 7) is 1.25. The molecule has 0 saturated heterocycles. The number of aryl methyl sites for hydroxylation is 2. The van der Waals surface area contributed by atoms with Crippen molar-refractivity contribution in [3.8, 4) is 11.1 Å². The summed E-state index contributed by atoms with van der Waals surface area (Å²) in [7, 11) is 0. The number of benzene rings is 3. The van der Waals surface area contributed by atoms with Crippen LogP contribution in [0.1, 0.15) is 11.3 Å². The highest BCUT2D eigenvalue weighted by Crippen LogP contribution is 2.35. The third-order valence-electron chi connectivity index (χ3n) is 5.83. The van der Waals surface area contributed by atoms with E-state index in [-0.39, 0.29) is 10.6 Å². The minimum atomic E-state index is -0.314. The van der Waals surface area contributed by atoms with E-state index in [1.165, 1.54) is 5.56 Å². The molecule has 0 unspecified atom stereocenters. The molecular weight excluding hydrogens is 436 g/mol. The lowest BCUT2D eigenvalue weighted by Crippen LogP contribution is -2.07. The fourth-order valence-electron chi connectivity index (χ4n) is 4.17. The maximum atomic E-state index is 11.9. The fraction of sp³-hybridized carbons (Fsp3) is 0.115. The molecular formula is C26H21ClN4O2. The zero-order chi connectivity index (χ0) is 22.8. The van der Waals surface area contributed by atoms with E-state index in [0.717, 1.165) is 40.0 Å². The maximum absolute atomic E-state index is 11.9. The second kappa shape index (κ2) is 8.92. The van der Waals surface area contributed by atoms with Gasteiger partial charge in [0.2, 0.25) is 0 Å². The van der Waals surface area contributed by atoms with Crippen molar-refractivity contribution < 1.29 is 4.92 Å². The average molecular weight is 457 g/mol. The van der Waals surface area contributed by atoms with E-state index in [2.05, 4.69) is 9.55 Å². The highest BCUT2D eigenvalue weighted by Gasteiger charge is 2.21. The van der Waals surface area contributed by atoms with Crippen molar-refractivity contribution >= 4 is 28.1 Å². The van der Waals surface area contributed by atoms with Crippen LogP contribution in [0.4, 0.5) is 5.69 Å². The first-order valence-corrected chi connectivity index (χ1v) is 11.0. The Balaban J connectivity index is 1.43. The van der Waals surface area contributed by atoms with Gasteiger partial charge in [-0.1, -0.05) is 66.2 Å². The third-order valence-corrected chi connectivity index (χ3v) is 6.09. The lowest BCUT2D eigenvalue weighted by atomic mass is 9.99. The second-order valence-corrected chi connectivity index (χ2v) is 8.40. The first kappa shape index (κ1) is 21.0. The minimum absolute atomic E-state index is 0.0959. The smallest absolute Gasteiger partial charge is 0.294 e. The van der Waals surface area contributed by atoms with Crippen LogP contribution in [0.25, 0.3) is 21.9 Å². The second-order valence-electron chi connectivity index (χ2n) is 7.97. The van der Waals surface area contributed by atoms with Crippen LogP contribution in [0.15, 0.2) is 91.6 Å².